The number of halogens is 1. The number of rotatable bonds is 5. The second-order valence-electron chi connectivity index (χ2n) is 4.72. The van der Waals surface area contributed by atoms with Gasteiger partial charge in [0.25, 0.3) is 5.91 Å². The highest BCUT2D eigenvalue weighted by atomic mass is 35.5. The predicted molar refractivity (Wildman–Crippen MR) is 78.2 cm³/mol. The average Bonchev–Trinajstić information content (AvgIpc) is 2.53. The number of aliphatic hydroxyl groups is 3. The Morgan fingerprint density at radius 2 is 1.71 bits per heavy atom. The Morgan fingerprint density at radius 3 is 2.29 bits per heavy atom. The van der Waals surface area contributed by atoms with E-state index in [2.05, 4.69) is 10.3 Å². The molecule has 4 N–H and O–H groups in total. The summed E-state index contributed by atoms with van der Waals surface area (Å²) in [4.78, 5) is 16.3. The summed E-state index contributed by atoms with van der Waals surface area (Å²) in [6.07, 6.45) is 1.32. The molecule has 0 aliphatic rings. The molecule has 112 valence electrons. The smallest absolute Gasteiger partial charge is 0.254 e. The van der Waals surface area contributed by atoms with Gasteiger partial charge < -0.3 is 20.6 Å². The molecule has 0 saturated carbocycles. The highest BCUT2D eigenvalue weighted by Gasteiger charge is 2.31. The van der Waals surface area contributed by atoms with E-state index in [4.69, 9.17) is 11.6 Å². The normalized spacial score (nSPS) is 11.6. The van der Waals surface area contributed by atoms with Crippen LogP contribution in [0.5, 0.6) is 0 Å². The summed E-state index contributed by atoms with van der Waals surface area (Å²) in [6, 6.07) is 6.99. The van der Waals surface area contributed by atoms with Crippen molar-refractivity contribution in [3.05, 3.63) is 41.2 Å². The standard InChI is InChI=1S/C14H15ClN2O4/c15-12-10-4-2-1-3-9(10)11(5-16-12)13(21)17-14(6-18,7-19)8-20/h1-5,18-20H,6-8H2,(H,17,21). The van der Waals surface area contributed by atoms with Crippen molar-refractivity contribution in [3.8, 4) is 0 Å². The quantitative estimate of drug-likeness (QED) is 0.596. The van der Waals surface area contributed by atoms with Crippen LogP contribution in [0.15, 0.2) is 30.5 Å². The van der Waals surface area contributed by atoms with E-state index in [-0.39, 0.29) is 10.7 Å². The molecule has 0 radical (unpaired) electrons. The monoisotopic (exact) mass is 310 g/mol. The minimum atomic E-state index is -1.49. The molecule has 0 fully saturated rings. The van der Waals surface area contributed by atoms with Crippen molar-refractivity contribution < 1.29 is 20.1 Å². The number of carbonyl (C=O) groups is 1. The zero-order chi connectivity index (χ0) is 15.5. The van der Waals surface area contributed by atoms with Gasteiger partial charge in [0.1, 0.15) is 10.7 Å². The lowest BCUT2D eigenvalue weighted by Gasteiger charge is -2.28. The summed E-state index contributed by atoms with van der Waals surface area (Å²) >= 11 is 5.99. The predicted octanol–water partition coefficient (Wildman–Crippen LogP) is 0.334. The molecule has 0 aliphatic heterocycles. The highest BCUT2D eigenvalue weighted by Crippen LogP contribution is 2.24. The van der Waals surface area contributed by atoms with E-state index < -0.39 is 31.3 Å². The maximum absolute atomic E-state index is 12.3. The Labute approximate surface area is 126 Å². The van der Waals surface area contributed by atoms with Crippen LogP contribution in [0.4, 0.5) is 0 Å². The van der Waals surface area contributed by atoms with E-state index in [0.717, 1.165) is 0 Å². The molecule has 2 aromatic rings. The SMILES string of the molecule is O=C(NC(CO)(CO)CO)c1cnc(Cl)c2ccccc12. The molecule has 7 heteroatoms. The third-order valence-electron chi connectivity index (χ3n) is 3.28. The van der Waals surface area contributed by atoms with Crippen molar-refractivity contribution in [2.45, 2.75) is 5.54 Å². The average molecular weight is 311 g/mol. The van der Waals surface area contributed by atoms with Gasteiger partial charge in [0.05, 0.1) is 25.4 Å². The first-order chi connectivity index (χ1) is 10.1. The van der Waals surface area contributed by atoms with Crippen LogP contribution in [-0.2, 0) is 0 Å². The molecule has 2 rings (SSSR count). The second-order valence-corrected chi connectivity index (χ2v) is 5.08. The van der Waals surface area contributed by atoms with Gasteiger partial charge in [0, 0.05) is 11.6 Å². The number of amides is 1. The number of aliphatic hydroxyl groups excluding tert-OH is 3. The first kappa shape index (κ1) is 15.7. The molecule has 0 aliphatic carbocycles. The number of fused-ring (bicyclic) bond motifs is 1. The zero-order valence-corrected chi connectivity index (χ0v) is 11.8. The van der Waals surface area contributed by atoms with Crippen LogP contribution >= 0.6 is 11.6 Å². The maximum atomic E-state index is 12.3. The second kappa shape index (κ2) is 6.36. The fraction of sp³-hybridized carbons (Fsp3) is 0.286. The molecule has 0 saturated heterocycles. The number of benzene rings is 1. The van der Waals surface area contributed by atoms with Crippen molar-refractivity contribution in [2.75, 3.05) is 19.8 Å². The van der Waals surface area contributed by atoms with Crippen molar-refractivity contribution in [1.29, 1.82) is 0 Å². The lowest BCUT2D eigenvalue weighted by Crippen LogP contribution is -2.57. The van der Waals surface area contributed by atoms with E-state index in [1.807, 2.05) is 0 Å². The summed E-state index contributed by atoms with van der Waals surface area (Å²) in [5.74, 6) is -0.562. The summed E-state index contributed by atoms with van der Waals surface area (Å²) < 4.78 is 0. The molecular formula is C14H15ClN2O4. The van der Waals surface area contributed by atoms with E-state index in [0.29, 0.717) is 10.8 Å². The van der Waals surface area contributed by atoms with Gasteiger partial charge in [-0.1, -0.05) is 35.9 Å². The number of aromatic nitrogens is 1. The number of nitrogens with one attached hydrogen (secondary N) is 1. The van der Waals surface area contributed by atoms with E-state index >= 15 is 0 Å². The topological polar surface area (TPSA) is 103 Å². The summed E-state index contributed by atoms with van der Waals surface area (Å²) in [7, 11) is 0. The molecular weight excluding hydrogens is 296 g/mol. The van der Waals surface area contributed by atoms with Gasteiger partial charge in [-0.25, -0.2) is 4.98 Å². The molecule has 21 heavy (non-hydrogen) atoms. The molecule has 1 aromatic heterocycles. The van der Waals surface area contributed by atoms with Gasteiger partial charge in [-0.3, -0.25) is 4.79 Å². The van der Waals surface area contributed by atoms with Crippen LogP contribution in [-0.4, -0.2) is 51.6 Å². The minimum absolute atomic E-state index is 0.245. The van der Waals surface area contributed by atoms with Crippen molar-refractivity contribution in [2.24, 2.45) is 0 Å². The van der Waals surface area contributed by atoms with Crippen molar-refractivity contribution >= 4 is 28.3 Å². The number of pyridine rings is 1. The van der Waals surface area contributed by atoms with Crippen LogP contribution < -0.4 is 5.32 Å². The van der Waals surface area contributed by atoms with Gasteiger partial charge in [-0.2, -0.15) is 0 Å². The van der Waals surface area contributed by atoms with Gasteiger partial charge >= 0.3 is 0 Å². The molecule has 0 bridgehead atoms. The van der Waals surface area contributed by atoms with Crippen molar-refractivity contribution in [1.82, 2.24) is 10.3 Å². The third kappa shape index (κ3) is 2.98. The summed E-state index contributed by atoms with van der Waals surface area (Å²) in [5.41, 5.74) is -1.24. The number of hydrogen-bond acceptors (Lipinski definition) is 5. The van der Waals surface area contributed by atoms with Gasteiger partial charge in [0.15, 0.2) is 0 Å². The van der Waals surface area contributed by atoms with Crippen LogP contribution in [0.1, 0.15) is 10.4 Å². The molecule has 6 nitrogen and oxygen atoms in total. The number of hydrogen-bond donors (Lipinski definition) is 4. The highest BCUT2D eigenvalue weighted by molar-refractivity contribution is 6.34. The molecule has 1 heterocycles. The molecule has 1 amide bonds. The van der Waals surface area contributed by atoms with Crippen LogP contribution in [0.2, 0.25) is 5.15 Å². The summed E-state index contributed by atoms with van der Waals surface area (Å²) in [6.45, 7) is -1.78. The van der Waals surface area contributed by atoms with Gasteiger partial charge in [-0.15, -0.1) is 0 Å². The molecule has 1 aromatic carbocycles. The van der Waals surface area contributed by atoms with Crippen molar-refractivity contribution in [3.63, 3.8) is 0 Å². The fourth-order valence-corrected chi connectivity index (χ4v) is 2.13. The van der Waals surface area contributed by atoms with E-state index in [9.17, 15) is 20.1 Å². The Kier molecular flexibility index (Phi) is 4.74. The Hall–Kier alpha value is -1.73. The number of carbonyl (C=O) groups excluding carboxylic acids is 1. The van der Waals surface area contributed by atoms with Gasteiger partial charge in [-0.05, 0) is 5.39 Å². The minimum Gasteiger partial charge on any atom is -0.394 e. The lowest BCUT2D eigenvalue weighted by molar-refractivity contribution is 0.0376. The zero-order valence-electron chi connectivity index (χ0n) is 11.1. The Bertz CT molecular complexity index is 650. The Balaban J connectivity index is 2.43. The molecule has 0 atom stereocenters. The number of nitrogens with zero attached hydrogens (tertiary/aromatic N) is 1. The van der Waals surface area contributed by atoms with E-state index in [1.165, 1.54) is 6.20 Å². The lowest BCUT2D eigenvalue weighted by atomic mass is 10.0. The Morgan fingerprint density at radius 1 is 1.14 bits per heavy atom. The first-order valence-electron chi connectivity index (χ1n) is 6.25. The van der Waals surface area contributed by atoms with Crippen LogP contribution in [0.3, 0.4) is 0 Å². The summed E-state index contributed by atoms with van der Waals surface area (Å²) in [5, 5.41) is 31.7. The molecule has 0 spiro atoms. The molecule has 0 unspecified atom stereocenters. The van der Waals surface area contributed by atoms with Gasteiger partial charge in [0.2, 0.25) is 0 Å². The first-order valence-corrected chi connectivity index (χ1v) is 6.63. The van der Waals surface area contributed by atoms with E-state index in [1.54, 1.807) is 24.3 Å². The maximum Gasteiger partial charge on any atom is 0.254 e. The third-order valence-corrected chi connectivity index (χ3v) is 3.58. The van der Waals surface area contributed by atoms with Crippen LogP contribution in [0.25, 0.3) is 10.8 Å². The largest absolute Gasteiger partial charge is 0.394 e. The van der Waals surface area contributed by atoms with Crippen LogP contribution in [0, 0.1) is 0 Å². The fourth-order valence-electron chi connectivity index (χ4n) is 1.92.